The van der Waals surface area contributed by atoms with E-state index in [0.717, 1.165) is 56.2 Å². The fraction of sp³-hybridized carbons (Fsp3) is 0.391. The zero-order chi connectivity index (χ0) is 20.9. The molecule has 0 aliphatic carbocycles. The Morgan fingerprint density at radius 1 is 1.17 bits per heavy atom. The van der Waals surface area contributed by atoms with E-state index >= 15 is 0 Å². The third kappa shape index (κ3) is 4.91. The summed E-state index contributed by atoms with van der Waals surface area (Å²) in [6.07, 6.45) is 1.08. The van der Waals surface area contributed by atoms with Crippen molar-refractivity contribution in [2.45, 2.75) is 26.9 Å². The highest BCUT2D eigenvalue weighted by molar-refractivity contribution is 7.09. The first-order valence-corrected chi connectivity index (χ1v) is 11.2. The Balaban J connectivity index is 1.30. The molecule has 0 bridgehead atoms. The summed E-state index contributed by atoms with van der Waals surface area (Å²) >= 11 is 1.81. The second-order valence-electron chi connectivity index (χ2n) is 7.58. The second kappa shape index (κ2) is 9.45. The molecule has 1 amide bonds. The third-order valence-corrected chi connectivity index (χ3v) is 6.50. The van der Waals surface area contributed by atoms with Crippen molar-refractivity contribution in [1.82, 2.24) is 15.0 Å². The summed E-state index contributed by atoms with van der Waals surface area (Å²) in [4.78, 5) is 18.8. The summed E-state index contributed by atoms with van der Waals surface area (Å²) < 4.78 is 11.1. The van der Waals surface area contributed by atoms with Gasteiger partial charge in [0.25, 0.3) is 5.91 Å². The number of piperazine rings is 1. The van der Waals surface area contributed by atoms with Crippen LogP contribution in [0.5, 0.6) is 5.75 Å². The van der Waals surface area contributed by atoms with Crippen LogP contribution in [0, 0.1) is 13.8 Å². The second-order valence-corrected chi connectivity index (χ2v) is 8.61. The standard InChI is InChI=1S/C23H27N3O3S/c1-17-22(18(2)29-24-17)16-28-20-6-3-5-19(15-20)23(27)26-12-10-25(11-13-26)9-8-21-7-4-14-30-21/h3-7,14-15H,8-13,16H2,1-2H3. The number of hydrogen-bond donors (Lipinski definition) is 0. The minimum absolute atomic E-state index is 0.0655. The summed E-state index contributed by atoms with van der Waals surface area (Å²) in [6, 6.07) is 11.7. The lowest BCUT2D eigenvalue weighted by Crippen LogP contribution is -2.49. The fourth-order valence-corrected chi connectivity index (χ4v) is 4.36. The number of rotatable bonds is 7. The predicted molar refractivity (Wildman–Crippen MR) is 117 cm³/mol. The van der Waals surface area contributed by atoms with Crippen LogP contribution in [0.15, 0.2) is 46.3 Å². The van der Waals surface area contributed by atoms with Crippen LogP contribution in [0.3, 0.4) is 0 Å². The Morgan fingerprint density at radius 3 is 2.70 bits per heavy atom. The summed E-state index contributed by atoms with van der Waals surface area (Å²) in [6.45, 7) is 8.54. The number of amides is 1. The van der Waals surface area contributed by atoms with E-state index in [9.17, 15) is 4.79 Å². The Kier molecular flexibility index (Phi) is 6.50. The average Bonchev–Trinajstić information content (AvgIpc) is 3.41. The molecule has 1 saturated heterocycles. The molecule has 0 unspecified atom stereocenters. The average molecular weight is 426 g/mol. The van der Waals surface area contributed by atoms with Crippen LogP contribution in [-0.4, -0.2) is 53.6 Å². The summed E-state index contributed by atoms with van der Waals surface area (Å²) in [7, 11) is 0. The first kappa shape index (κ1) is 20.6. The van der Waals surface area contributed by atoms with Crippen molar-refractivity contribution in [2.24, 2.45) is 0 Å². The first-order valence-electron chi connectivity index (χ1n) is 10.3. The highest BCUT2D eigenvalue weighted by Gasteiger charge is 2.22. The maximum atomic E-state index is 13.0. The van der Waals surface area contributed by atoms with Gasteiger partial charge in [0, 0.05) is 43.2 Å². The quantitative estimate of drug-likeness (QED) is 0.574. The van der Waals surface area contributed by atoms with Gasteiger partial charge in [0.05, 0.1) is 11.3 Å². The monoisotopic (exact) mass is 425 g/mol. The van der Waals surface area contributed by atoms with Crippen molar-refractivity contribution in [1.29, 1.82) is 0 Å². The molecule has 3 heterocycles. The Bertz CT molecular complexity index is 956. The molecule has 0 spiro atoms. The van der Waals surface area contributed by atoms with E-state index in [-0.39, 0.29) is 5.91 Å². The van der Waals surface area contributed by atoms with E-state index in [1.807, 2.05) is 54.3 Å². The molecular formula is C23H27N3O3S. The lowest BCUT2D eigenvalue weighted by molar-refractivity contribution is 0.0638. The van der Waals surface area contributed by atoms with Crippen molar-refractivity contribution in [3.63, 3.8) is 0 Å². The van der Waals surface area contributed by atoms with Gasteiger partial charge in [0.1, 0.15) is 18.1 Å². The number of hydrogen-bond acceptors (Lipinski definition) is 6. The van der Waals surface area contributed by atoms with Gasteiger partial charge < -0.3 is 14.2 Å². The van der Waals surface area contributed by atoms with Crippen LogP contribution in [0.4, 0.5) is 0 Å². The van der Waals surface area contributed by atoms with Gasteiger partial charge in [-0.3, -0.25) is 9.69 Å². The molecule has 0 N–H and O–H groups in total. The Hall–Kier alpha value is -2.64. The molecule has 2 aromatic heterocycles. The third-order valence-electron chi connectivity index (χ3n) is 5.56. The van der Waals surface area contributed by atoms with Crippen molar-refractivity contribution in [3.8, 4) is 5.75 Å². The highest BCUT2D eigenvalue weighted by atomic mass is 32.1. The molecule has 1 aromatic carbocycles. The number of nitrogens with zero attached hydrogens (tertiary/aromatic N) is 3. The largest absolute Gasteiger partial charge is 0.489 e. The smallest absolute Gasteiger partial charge is 0.254 e. The molecule has 1 aliphatic heterocycles. The number of thiophene rings is 1. The molecule has 7 heteroatoms. The van der Waals surface area contributed by atoms with Gasteiger partial charge in [0.15, 0.2) is 0 Å². The zero-order valence-electron chi connectivity index (χ0n) is 17.5. The van der Waals surface area contributed by atoms with E-state index in [4.69, 9.17) is 9.26 Å². The maximum Gasteiger partial charge on any atom is 0.254 e. The van der Waals surface area contributed by atoms with Gasteiger partial charge in [-0.1, -0.05) is 17.3 Å². The molecular weight excluding hydrogens is 398 g/mol. The molecule has 0 atom stereocenters. The predicted octanol–water partition coefficient (Wildman–Crippen LogP) is 3.93. The van der Waals surface area contributed by atoms with Crippen LogP contribution in [-0.2, 0) is 13.0 Å². The van der Waals surface area contributed by atoms with Gasteiger partial charge in [0.2, 0.25) is 0 Å². The zero-order valence-corrected chi connectivity index (χ0v) is 18.3. The molecule has 158 valence electrons. The lowest BCUT2D eigenvalue weighted by atomic mass is 10.1. The van der Waals surface area contributed by atoms with E-state index < -0.39 is 0 Å². The number of carbonyl (C=O) groups is 1. The Labute approximate surface area is 181 Å². The van der Waals surface area contributed by atoms with Crippen LogP contribution in [0.1, 0.15) is 32.3 Å². The van der Waals surface area contributed by atoms with Crippen LogP contribution in [0.25, 0.3) is 0 Å². The minimum Gasteiger partial charge on any atom is -0.489 e. The van der Waals surface area contributed by atoms with Crippen LogP contribution >= 0.6 is 11.3 Å². The lowest BCUT2D eigenvalue weighted by Gasteiger charge is -2.34. The van der Waals surface area contributed by atoms with E-state index in [0.29, 0.717) is 17.9 Å². The molecule has 3 aromatic rings. The van der Waals surface area contributed by atoms with E-state index in [1.165, 1.54) is 4.88 Å². The van der Waals surface area contributed by atoms with E-state index in [1.54, 1.807) is 0 Å². The minimum atomic E-state index is 0.0655. The number of benzene rings is 1. The fourth-order valence-electron chi connectivity index (χ4n) is 3.66. The first-order chi connectivity index (χ1) is 14.6. The van der Waals surface area contributed by atoms with Gasteiger partial charge in [-0.15, -0.1) is 11.3 Å². The van der Waals surface area contributed by atoms with Gasteiger partial charge in [-0.25, -0.2) is 0 Å². The number of ether oxygens (including phenoxy) is 1. The normalized spacial score (nSPS) is 14.8. The van der Waals surface area contributed by atoms with Crippen molar-refractivity contribution >= 4 is 17.2 Å². The SMILES string of the molecule is Cc1noc(C)c1COc1cccc(C(=O)N2CCN(CCc3cccs3)CC2)c1. The number of aryl methyl sites for hydroxylation is 2. The summed E-state index contributed by atoms with van der Waals surface area (Å²) in [5.41, 5.74) is 2.44. The van der Waals surface area contributed by atoms with Crippen LogP contribution < -0.4 is 4.74 Å². The molecule has 1 aliphatic rings. The Morgan fingerprint density at radius 2 is 2.00 bits per heavy atom. The summed E-state index contributed by atoms with van der Waals surface area (Å²) in [5, 5.41) is 6.07. The number of carbonyl (C=O) groups excluding carboxylic acids is 1. The van der Waals surface area contributed by atoms with Crippen molar-refractivity contribution in [2.75, 3.05) is 32.7 Å². The van der Waals surface area contributed by atoms with Gasteiger partial charge in [-0.05, 0) is 49.9 Å². The van der Waals surface area contributed by atoms with Gasteiger partial charge in [-0.2, -0.15) is 0 Å². The van der Waals surface area contributed by atoms with E-state index in [2.05, 4.69) is 27.6 Å². The maximum absolute atomic E-state index is 13.0. The molecule has 1 fully saturated rings. The molecule has 0 saturated carbocycles. The van der Waals surface area contributed by atoms with Crippen molar-refractivity contribution < 1.29 is 14.1 Å². The molecule has 6 nitrogen and oxygen atoms in total. The van der Waals surface area contributed by atoms with Crippen molar-refractivity contribution in [3.05, 3.63) is 69.2 Å². The van der Waals surface area contributed by atoms with Crippen LogP contribution in [0.2, 0.25) is 0 Å². The highest BCUT2D eigenvalue weighted by Crippen LogP contribution is 2.20. The number of aromatic nitrogens is 1. The molecule has 30 heavy (non-hydrogen) atoms. The van der Waals surface area contributed by atoms with Gasteiger partial charge >= 0.3 is 0 Å². The molecule has 0 radical (unpaired) electrons. The molecule has 4 rings (SSSR count). The summed E-state index contributed by atoms with van der Waals surface area (Å²) in [5.74, 6) is 1.50. The topological polar surface area (TPSA) is 58.8 Å².